The highest BCUT2D eigenvalue weighted by atomic mass is 32.1. The van der Waals surface area contributed by atoms with Crippen LogP contribution in [0, 0.1) is 0 Å². The summed E-state index contributed by atoms with van der Waals surface area (Å²) in [7, 11) is 1.85. The average Bonchev–Trinajstić information content (AvgIpc) is 2.89. The van der Waals surface area contributed by atoms with Gasteiger partial charge in [-0.2, -0.15) is 11.3 Å². The topological polar surface area (TPSA) is 41.1 Å². The van der Waals surface area contributed by atoms with Gasteiger partial charge in [0.25, 0.3) is 5.91 Å². The van der Waals surface area contributed by atoms with Gasteiger partial charge in [0.15, 0.2) is 0 Å². The number of nitrogens with one attached hydrogen (secondary N) is 2. The fraction of sp³-hybridized carbons (Fsp3) is 0.154. The second-order valence-corrected chi connectivity index (χ2v) is 4.42. The maximum Gasteiger partial charge on any atom is 0.251 e. The summed E-state index contributed by atoms with van der Waals surface area (Å²) in [5.41, 5.74) is 2.81. The molecule has 0 bridgehead atoms. The number of thiophene rings is 1. The molecular weight excluding hydrogens is 232 g/mol. The van der Waals surface area contributed by atoms with E-state index in [2.05, 4.69) is 10.6 Å². The van der Waals surface area contributed by atoms with Gasteiger partial charge < -0.3 is 10.6 Å². The molecule has 1 amide bonds. The largest absolute Gasteiger partial charge is 0.388 e. The first-order valence-electron chi connectivity index (χ1n) is 5.36. The first kappa shape index (κ1) is 11.7. The van der Waals surface area contributed by atoms with Crippen LogP contribution in [0.3, 0.4) is 0 Å². The zero-order valence-corrected chi connectivity index (χ0v) is 10.4. The van der Waals surface area contributed by atoms with Crippen LogP contribution in [0.5, 0.6) is 0 Å². The van der Waals surface area contributed by atoms with Gasteiger partial charge in [0.05, 0.1) is 0 Å². The van der Waals surface area contributed by atoms with Gasteiger partial charge in [-0.05, 0) is 46.7 Å². The Balaban J connectivity index is 1.95. The third kappa shape index (κ3) is 3.07. The molecule has 2 N–H and O–H groups in total. The van der Waals surface area contributed by atoms with E-state index in [1.807, 2.05) is 48.1 Å². The van der Waals surface area contributed by atoms with E-state index >= 15 is 0 Å². The molecule has 0 aliphatic carbocycles. The Morgan fingerprint density at radius 2 is 2.00 bits per heavy atom. The van der Waals surface area contributed by atoms with Gasteiger partial charge in [0, 0.05) is 24.8 Å². The molecule has 88 valence electrons. The number of carbonyl (C=O) groups is 1. The van der Waals surface area contributed by atoms with Crippen molar-refractivity contribution in [1.82, 2.24) is 5.32 Å². The highest BCUT2D eigenvalue weighted by Gasteiger charge is 2.04. The van der Waals surface area contributed by atoms with Crippen molar-refractivity contribution in [2.45, 2.75) is 6.54 Å². The third-order valence-corrected chi connectivity index (χ3v) is 3.20. The van der Waals surface area contributed by atoms with E-state index in [0.717, 1.165) is 11.3 Å². The fourth-order valence-electron chi connectivity index (χ4n) is 1.47. The molecule has 0 atom stereocenters. The van der Waals surface area contributed by atoms with Gasteiger partial charge in [-0.15, -0.1) is 0 Å². The first-order chi connectivity index (χ1) is 8.29. The fourth-order valence-corrected chi connectivity index (χ4v) is 2.13. The highest BCUT2D eigenvalue weighted by Crippen LogP contribution is 2.09. The Morgan fingerprint density at radius 3 is 2.59 bits per heavy atom. The lowest BCUT2D eigenvalue weighted by molar-refractivity contribution is 0.0951. The molecule has 0 radical (unpaired) electrons. The van der Waals surface area contributed by atoms with E-state index in [0.29, 0.717) is 12.1 Å². The standard InChI is InChI=1S/C13H14N2OS/c1-14-12-4-2-11(3-5-12)13(16)15-8-10-6-7-17-9-10/h2-7,9,14H,8H2,1H3,(H,15,16). The molecule has 1 aromatic heterocycles. The molecule has 2 rings (SSSR count). The van der Waals surface area contributed by atoms with Crippen molar-refractivity contribution in [3.05, 3.63) is 52.2 Å². The molecule has 0 saturated heterocycles. The van der Waals surface area contributed by atoms with Crippen molar-refractivity contribution in [2.24, 2.45) is 0 Å². The summed E-state index contributed by atoms with van der Waals surface area (Å²) in [6.07, 6.45) is 0. The van der Waals surface area contributed by atoms with E-state index in [9.17, 15) is 4.79 Å². The maximum absolute atomic E-state index is 11.8. The molecule has 0 unspecified atom stereocenters. The smallest absolute Gasteiger partial charge is 0.251 e. The number of hydrogen-bond donors (Lipinski definition) is 2. The van der Waals surface area contributed by atoms with Gasteiger partial charge in [-0.25, -0.2) is 0 Å². The molecule has 0 aliphatic heterocycles. The zero-order chi connectivity index (χ0) is 12.1. The molecule has 0 aliphatic rings. The number of amides is 1. The lowest BCUT2D eigenvalue weighted by atomic mass is 10.2. The predicted octanol–water partition coefficient (Wildman–Crippen LogP) is 2.72. The molecule has 2 aromatic rings. The molecule has 0 spiro atoms. The number of rotatable bonds is 4. The second-order valence-electron chi connectivity index (χ2n) is 3.64. The van der Waals surface area contributed by atoms with E-state index in [4.69, 9.17) is 0 Å². The number of hydrogen-bond acceptors (Lipinski definition) is 3. The second kappa shape index (κ2) is 5.50. The van der Waals surface area contributed by atoms with Gasteiger partial charge in [-0.1, -0.05) is 0 Å². The minimum atomic E-state index is -0.0427. The summed E-state index contributed by atoms with van der Waals surface area (Å²) in [6.45, 7) is 0.579. The summed E-state index contributed by atoms with van der Waals surface area (Å²) >= 11 is 1.63. The summed E-state index contributed by atoms with van der Waals surface area (Å²) in [5.74, 6) is -0.0427. The molecule has 1 heterocycles. The van der Waals surface area contributed by atoms with Gasteiger partial charge in [-0.3, -0.25) is 4.79 Å². The van der Waals surface area contributed by atoms with E-state index in [-0.39, 0.29) is 5.91 Å². The lowest BCUT2D eigenvalue weighted by Crippen LogP contribution is -2.22. The van der Waals surface area contributed by atoms with Crippen LogP contribution in [0.2, 0.25) is 0 Å². The van der Waals surface area contributed by atoms with E-state index in [1.54, 1.807) is 11.3 Å². The number of carbonyl (C=O) groups excluding carboxylic acids is 1. The maximum atomic E-state index is 11.8. The van der Waals surface area contributed by atoms with Crippen molar-refractivity contribution in [1.29, 1.82) is 0 Å². The summed E-state index contributed by atoms with van der Waals surface area (Å²) < 4.78 is 0. The van der Waals surface area contributed by atoms with Crippen LogP contribution in [0.25, 0.3) is 0 Å². The molecule has 3 nitrogen and oxygen atoms in total. The average molecular weight is 246 g/mol. The molecular formula is C13H14N2OS. The third-order valence-electron chi connectivity index (χ3n) is 2.47. The Labute approximate surface area is 104 Å². The quantitative estimate of drug-likeness (QED) is 0.871. The Morgan fingerprint density at radius 1 is 1.24 bits per heavy atom. The molecule has 0 saturated carbocycles. The molecule has 17 heavy (non-hydrogen) atoms. The Hall–Kier alpha value is -1.81. The summed E-state index contributed by atoms with van der Waals surface area (Å²) in [4.78, 5) is 11.8. The van der Waals surface area contributed by atoms with Crippen molar-refractivity contribution in [2.75, 3.05) is 12.4 Å². The number of benzene rings is 1. The SMILES string of the molecule is CNc1ccc(C(=O)NCc2ccsc2)cc1. The van der Waals surface area contributed by atoms with Gasteiger partial charge >= 0.3 is 0 Å². The molecule has 1 aromatic carbocycles. The van der Waals surface area contributed by atoms with Crippen LogP contribution in [0.15, 0.2) is 41.1 Å². The van der Waals surface area contributed by atoms with Gasteiger partial charge in [0.1, 0.15) is 0 Å². The monoisotopic (exact) mass is 246 g/mol. The first-order valence-corrected chi connectivity index (χ1v) is 6.31. The molecule has 0 fully saturated rings. The normalized spacial score (nSPS) is 9.94. The van der Waals surface area contributed by atoms with Crippen LogP contribution >= 0.6 is 11.3 Å². The zero-order valence-electron chi connectivity index (χ0n) is 9.57. The van der Waals surface area contributed by atoms with Gasteiger partial charge in [0.2, 0.25) is 0 Å². The van der Waals surface area contributed by atoms with Crippen LogP contribution < -0.4 is 10.6 Å². The van der Waals surface area contributed by atoms with Crippen molar-refractivity contribution >= 4 is 22.9 Å². The Kier molecular flexibility index (Phi) is 3.77. The Bertz CT molecular complexity index is 477. The number of anilines is 1. The minimum absolute atomic E-state index is 0.0427. The lowest BCUT2D eigenvalue weighted by Gasteiger charge is -2.05. The highest BCUT2D eigenvalue weighted by molar-refractivity contribution is 7.07. The predicted molar refractivity (Wildman–Crippen MR) is 71.5 cm³/mol. The molecule has 4 heteroatoms. The van der Waals surface area contributed by atoms with Crippen LogP contribution in [-0.4, -0.2) is 13.0 Å². The van der Waals surface area contributed by atoms with Crippen LogP contribution in [0.1, 0.15) is 15.9 Å². The summed E-state index contributed by atoms with van der Waals surface area (Å²) in [6, 6.07) is 9.41. The van der Waals surface area contributed by atoms with E-state index < -0.39 is 0 Å². The van der Waals surface area contributed by atoms with Crippen molar-refractivity contribution < 1.29 is 4.79 Å². The van der Waals surface area contributed by atoms with E-state index in [1.165, 1.54) is 0 Å². The van der Waals surface area contributed by atoms with Crippen molar-refractivity contribution in [3.8, 4) is 0 Å². The van der Waals surface area contributed by atoms with Crippen molar-refractivity contribution in [3.63, 3.8) is 0 Å². The summed E-state index contributed by atoms with van der Waals surface area (Å²) in [5, 5.41) is 9.94. The van der Waals surface area contributed by atoms with Crippen LogP contribution in [-0.2, 0) is 6.54 Å². The van der Waals surface area contributed by atoms with Crippen LogP contribution in [0.4, 0.5) is 5.69 Å². The minimum Gasteiger partial charge on any atom is -0.388 e.